The second-order valence-corrected chi connectivity index (χ2v) is 5.96. The van der Waals surface area contributed by atoms with Gasteiger partial charge in [0.15, 0.2) is 5.82 Å². The number of hydrogen-bond acceptors (Lipinski definition) is 5. The molecular weight excluding hydrogens is 230 g/mol. The maximum atomic E-state index is 9.88. The third-order valence-corrected chi connectivity index (χ3v) is 4.25. The first-order chi connectivity index (χ1) is 8.63. The Morgan fingerprint density at radius 1 is 1.39 bits per heavy atom. The van der Waals surface area contributed by atoms with Crippen LogP contribution in [0.25, 0.3) is 0 Å². The largest absolute Gasteiger partial charge is 0.393 e. The smallest absolute Gasteiger partial charge is 0.240 e. The van der Waals surface area contributed by atoms with Crippen molar-refractivity contribution < 1.29 is 9.63 Å². The first-order valence-corrected chi connectivity index (χ1v) is 6.86. The highest BCUT2D eigenvalue weighted by Gasteiger charge is 2.41. The number of aliphatic hydroxyl groups excluding tert-OH is 1. The van der Waals surface area contributed by atoms with Crippen molar-refractivity contribution in [2.45, 2.75) is 45.3 Å². The molecule has 0 spiro atoms. The van der Waals surface area contributed by atoms with Crippen LogP contribution in [0.1, 0.15) is 44.3 Å². The van der Waals surface area contributed by atoms with Gasteiger partial charge in [-0.25, -0.2) is 0 Å². The number of fused-ring (bicyclic) bond motifs is 1. The number of aromatic nitrogens is 2. The van der Waals surface area contributed by atoms with Gasteiger partial charge in [0.1, 0.15) is 0 Å². The summed E-state index contributed by atoms with van der Waals surface area (Å²) < 4.78 is 5.27. The van der Waals surface area contributed by atoms with Crippen LogP contribution >= 0.6 is 0 Å². The van der Waals surface area contributed by atoms with E-state index in [1.807, 2.05) is 0 Å². The van der Waals surface area contributed by atoms with Crippen LogP contribution in [0.4, 0.5) is 0 Å². The Hall–Kier alpha value is -0.940. The molecular formula is C13H21N3O2. The Labute approximate surface area is 107 Å². The minimum Gasteiger partial charge on any atom is -0.393 e. The maximum absolute atomic E-state index is 9.88. The lowest BCUT2D eigenvalue weighted by atomic mass is 10.00. The molecule has 2 aliphatic rings. The van der Waals surface area contributed by atoms with Crippen molar-refractivity contribution >= 4 is 0 Å². The molecule has 1 saturated heterocycles. The van der Waals surface area contributed by atoms with Crippen molar-refractivity contribution in [1.29, 1.82) is 0 Å². The van der Waals surface area contributed by atoms with E-state index < -0.39 is 0 Å². The first-order valence-electron chi connectivity index (χ1n) is 6.86. The minimum atomic E-state index is -0.103. The van der Waals surface area contributed by atoms with Crippen LogP contribution in [0.15, 0.2) is 4.52 Å². The van der Waals surface area contributed by atoms with Gasteiger partial charge in [-0.15, -0.1) is 0 Å². The average molecular weight is 251 g/mol. The molecule has 2 fully saturated rings. The van der Waals surface area contributed by atoms with Gasteiger partial charge >= 0.3 is 0 Å². The van der Waals surface area contributed by atoms with Crippen molar-refractivity contribution in [2.75, 3.05) is 13.1 Å². The molecule has 5 heteroatoms. The van der Waals surface area contributed by atoms with Gasteiger partial charge in [-0.3, -0.25) is 4.90 Å². The van der Waals surface area contributed by atoms with Gasteiger partial charge in [-0.1, -0.05) is 19.0 Å². The van der Waals surface area contributed by atoms with E-state index in [1.165, 1.54) is 0 Å². The lowest BCUT2D eigenvalue weighted by molar-refractivity contribution is 0.122. The van der Waals surface area contributed by atoms with E-state index in [2.05, 4.69) is 28.9 Å². The molecule has 0 aromatic carbocycles. The molecule has 0 amide bonds. The van der Waals surface area contributed by atoms with Gasteiger partial charge in [-0.05, 0) is 18.8 Å². The lowest BCUT2D eigenvalue weighted by Gasteiger charge is -2.15. The summed E-state index contributed by atoms with van der Waals surface area (Å²) in [4.78, 5) is 6.73. The maximum Gasteiger partial charge on any atom is 0.240 e. The van der Waals surface area contributed by atoms with Crippen molar-refractivity contribution in [2.24, 2.45) is 11.8 Å². The highest BCUT2D eigenvalue weighted by atomic mass is 16.5. The summed E-state index contributed by atoms with van der Waals surface area (Å²) in [5.74, 6) is 2.91. The van der Waals surface area contributed by atoms with Crippen LogP contribution in [-0.2, 0) is 6.54 Å². The zero-order valence-corrected chi connectivity index (χ0v) is 11.0. The molecule has 1 aromatic heterocycles. The Balaban J connectivity index is 1.60. The van der Waals surface area contributed by atoms with E-state index in [0.717, 1.165) is 38.3 Å². The van der Waals surface area contributed by atoms with Gasteiger partial charge in [0.2, 0.25) is 5.89 Å². The van der Waals surface area contributed by atoms with Crippen LogP contribution in [0.5, 0.6) is 0 Å². The predicted molar refractivity (Wildman–Crippen MR) is 65.9 cm³/mol. The molecule has 1 aromatic rings. The Morgan fingerprint density at radius 3 is 2.89 bits per heavy atom. The second kappa shape index (κ2) is 4.63. The van der Waals surface area contributed by atoms with Gasteiger partial charge in [0, 0.05) is 24.9 Å². The number of hydrogen-bond donors (Lipinski definition) is 1. The summed E-state index contributed by atoms with van der Waals surface area (Å²) in [7, 11) is 0. The van der Waals surface area contributed by atoms with Crippen LogP contribution in [0.3, 0.4) is 0 Å². The summed E-state index contributed by atoms with van der Waals surface area (Å²) >= 11 is 0. The van der Waals surface area contributed by atoms with Crippen LogP contribution in [-0.4, -0.2) is 39.3 Å². The molecule has 3 unspecified atom stereocenters. The van der Waals surface area contributed by atoms with Crippen molar-refractivity contribution in [3.8, 4) is 0 Å². The molecule has 2 heterocycles. The number of likely N-dealkylation sites (tertiary alicyclic amines) is 1. The number of rotatable bonds is 3. The van der Waals surface area contributed by atoms with Crippen LogP contribution in [0.2, 0.25) is 0 Å². The highest BCUT2D eigenvalue weighted by Crippen LogP contribution is 2.38. The molecule has 100 valence electrons. The first kappa shape index (κ1) is 12.1. The fourth-order valence-electron chi connectivity index (χ4n) is 3.22. The third kappa shape index (κ3) is 2.17. The van der Waals surface area contributed by atoms with Gasteiger partial charge in [-0.2, -0.15) is 4.98 Å². The van der Waals surface area contributed by atoms with Crippen molar-refractivity contribution in [1.82, 2.24) is 15.0 Å². The fourth-order valence-corrected chi connectivity index (χ4v) is 3.22. The molecule has 1 aliphatic heterocycles. The average Bonchev–Trinajstić information content (AvgIpc) is 2.98. The molecule has 1 aliphatic carbocycles. The summed E-state index contributed by atoms with van der Waals surface area (Å²) in [6, 6.07) is 0. The third-order valence-electron chi connectivity index (χ3n) is 4.25. The van der Waals surface area contributed by atoms with E-state index in [1.54, 1.807) is 0 Å². The van der Waals surface area contributed by atoms with Crippen LogP contribution in [0, 0.1) is 11.8 Å². The zero-order chi connectivity index (χ0) is 12.7. The molecule has 1 N–H and O–H groups in total. The lowest BCUT2D eigenvalue weighted by Crippen LogP contribution is -2.24. The van der Waals surface area contributed by atoms with E-state index >= 15 is 0 Å². The molecule has 18 heavy (non-hydrogen) atoms. The second-order valence-electron chi connectivity index (χ2n) is 5.96. The SMILES string of the molecule is CC(C)c1noc(CN2CC3CCC(O)C3C2)n1. The quantitative estimate of drug-likeness (QED) is 0.879. The monoisotopic (exact) mass is 251 g/mol. The highest BCUT2D eigenvalue weighted by molar-refractivity contribution is 4.96. The normalized spacial score (nSPS) is 32.3. The van der Waals surface area contributed by atoms with E-state index in [0.29, 0.717) is 23.6 Å². The Bertz CT molecular complexity index is 418. The van der Waals surface area contributed by atoms with Gasteiger partial charge in [0.25, 0.3) is 0 Å². The summed E-state index contributed by atoms with van der Waals surface area (Å²) in [6.07, 6.45) is 2.03. The van der Waals surface area contributed by atoms with E-state index in [-0.39, 0.29) is 6.10 Å². The topological polar surface area (TPSA) is 62.4 Å². The molecule has 0 radical (unpaired) electrons. The van der Waals surface area contributed by atoms with Gasteiger partial charge in [0.05, 0.1) is 12.6 Å². The minimum absolute atomic E-state index is 0.103. The van der Waals surface area contributed by atoms with Crippen molar-refractivity contribution in [3.63, 3.8) is 0 Å². The Morgan fingerprint density at radius 2 is 2.22 bits per heavy atom. The zero-order valence-electron chi connectivity index (χ0n) is 11.0. The molecule has 3 rings (SSSR count). The van der Waals surface area contributed by atoms with Crippen molar-refractivity contribution in [3.05, 3.63) is 11.7 Å². The van der Waals surface area contributed by atoms with E-state index in [9.17, 15) is 5.11 Å². The number of aliphatic hydroxyl groups is 1. The molecule has 5 nitrogen and oxygen atoms in total. The predicted octanol–water partition coefficient (Wildman–Crippen LogP) is 1.40. The number of nitrogens with zero attached hydrogens (tertiary/aromatic N) is 3. The standard InChI is InChI=1S/C13H21N3O2/c1-8(2)13-14-12(18-15-13)7-16-5-9-3-4-11(17)10(9)6-16/h8-11,17H,3-7H2,1-2H3. The summed E-state index contributed by atoms with van der Waals surface area (Å²) in [6.45, 7) is 6.86. The van der Waals surface area contributed by atoms with Crippen LogP contribution < -0.4 is 0 Å². The Kier molecular flexibility index (Phi) is 3.11. The molecule has 1 saturated carbocycles. The molecule has 0 bridgehead atoms. The van der Waals surface area contributed by atoms with E-state index in [4.69, 9.17) is 4.52 Å². The summed E-state index contributed by atoms with van der Waals surface area (Å²) in [5.41, 5.74) is 0. The fraction of sp³-hybridized carbons (Fsp3) is 0.846. The van der Waals surface area contributed by atoms with Gasteiger partial charge < -0.3 is 9.63 Å². The molecule has 3 atom stereocenters. The summed E-state index contributed by atoms with van der Waals surface area (Å²) in [5, 5.41) is 13.9.